The SMILES string of the molecule is COCCNC(=O)COc1cc(OCc2cccc(-c3cccc4c3cnn4CCCCN3CCCC3)c2Br)c(Cl)cc1CNC(CO)C(=O)O. The van der Waals surface area contributed by atoms with Gasteiger partial charge in [0.25, 0.3) is 5.91 Å². The van der Waals surface area contributed by atoms with Gasteiger partial charge in [-0.2, -0.15) is 5.10 Å². The van der Waals surface area contributed by atoms with Crippen molar-refractivity contribution in [1.29, 1.82) is 0 Å². The van der Waals surface area contributed by atoms with Gasteiger partial charge in [0.1, 0.15) is 24.1 Å². The van der Waals surface area contributed by atoms with E-state index >= 15 is 0 Å². The zero-order chi connectivity index (χ0) is 36.2. The Bertz CT molecular complexity index is 1780. The zero-order valence-electron chi connectivity index (χ0n) is 28.7. The second kappa shape index (κ2) is 19.2. The Morgan fingerprint density at radius 3 is 2.55 bits per heavy atom. The molecular weight excluding hydrogens is 742 g/mol. The number of likely N-dealkylation sites (tertiary alicyclic amines) is 1. The Kier molecular flexibility index (Phi) is 14.5. The van der Waals surface area contributed by atoms with Gasteiger partial charge in [-0.1, -0.05) is 41.9 Å². The number of rotatable bonds is 20. The predicted octanol–water partition coefficient (Wildman–Crippen LogP) is 5.25. The third-order valence-corrected chi connectivity index (χ3v) is 10.1. The molecule has 14 heteroatoms. The number of carbonyl (C=O) groups is 2. The molecule has 51 heavy (non-hydrogen) atoms. The molecular formula is C37H45BrClN5O7. The number of ether oxygens (including phenoxy) is 3. The average molecular weight is 787 g/mol. The molecule has 1 unspecified atom stereocenters. The van der Waals surface area contributed by atoms with Gasteiger partial charge >= 0.3 is 5.97 Å². The first-order chi connectivity index (χ1) is 24.8. The molecule has 0 bridgehead atoms. The van der Waals surface area contributed by atoms with Crippen LogP contribution in [0.4, 0.5) is 0 Å². The minimum Gasteiger partial charge on any atom is -0.487 e. The van der Waals surface area contributed by atoms with Gasteiger partial charge in [-0.25, -0.2) is 0 Å². The molecule has 1 fully saturated rings. The number of hydrogen-bond acceptors (Lipinski definition) is 9. The number of carboxylic acid groups (broad SMARTS) is 1. The summed E-state index contributed by atoms with van der Waals surface area (Å²) in [6.45, 7) is 4.41. The number of nitrogens with zero attached hydrogens (tertiary/aromatic N) is 3. The number of amides is 1. The third-order valence-electron chi connectivity index (χ3n) is 8.85. The number of aromatic nitrogens is 2. The van der Waals surface area contributed by atoms with Crippen molar-refractivity contribution < 1.29 is 34.0 Å². The lowest BCUT2D eigenvalue weighted by molar-refractivity contribution is -0.140. The van der Waals surface area contributed by atoms with Gasteiger partial charge < -0.3 is 34.6 Å². The van der Waals surface area contributed by atoms with E-state index in [-0.39, 0.29) is 36.4 Å². The van der Waals surface area contributed by atoms with E-state index in [1.807, 2.05) is 18.3 Å². The maximum absolute atomic E-state index is 12.4. The van der Waals surface area contributed by atoms with Crippen molar-refractivity contribution in [1.82, 2.24) is 25.3 Å². The maximum Gasteiger partial charge on any atom is 0.323 e. The molecule has 0 radical (unpaired) electrons. The van der Waals surface area contributed by atoms with E-state index in [0.717, 1.165) is 58.0 Å². The van der Waals surface area contributed by atoms with Crippen molar-refractivity contribution in [3.05, 3.63) is 75.4 Å². The summed E-state index contributed by atoms with van der Waals surface area (Å²) < 4.78 is 20.0. The van der Waals surface area contributed by atoms with E-state index in [9.17, 15) is 19.8 Å². The molecule has 274 valence electrons. The molecule has 12 nitrogen and oxygen atoms in total. The fraction of sp³-hybridized carbons (Fsp3) is 0.432. The monoisotopic (exact) mass is 785 g/mol. The number of carbonyl (C=O) groups excluding carboxylic acids is 1. The first-order valence-electron chi connectivity index (χ1n) is 17.1. The number of aryl methyl sites for hydroxylation is 1. The van der Waals surface area contributed by atoms with Crippen molar-refractivity contribution in [2.75, 3.05) is 53.1 Å². The number of methoxy groups -OCH3 is 1. The highest BCUT2D eigenvalue weighted by atomic mass is 79.9. The molecule has 4 N–H and O–H groups in total. The number of aliphatic hydroxyl groups excluding tert-OH is 1. The fourth-order valence-corrected chi connectivity index (χ4v) is 6.92. The summed E-state index contributed by atoms with van der Waals surface area (Å²) in [6, 6.07) is 14.2. The van der Waals surface area contributed by atoms with Crippen LogP contribution >= 0.6 is 27.5 Å². The number of benzene rings is 3. The zero-order valence-corrected chi connectivity index (χ0v) is 31.0. The summed E-state index contributed by atoms with van der Waals surface area (Å²) in [6.07, 6.45) is 6.80. The molecule has 1 aromatic heterocycles. The summed E-state index contributed by atoms with van der Waals surface area (Å²) in [7, 11) is 1.54. The summed E-state index contributed by atoms with van der Waals surface area (Å²) in [5.41, 5.74) is 4.52. The molecule has 1 amide bonds. The van der Waals surface area contributed by atoms with Crippen LogP contribution in [0.5, 0.6) is 11.5 Å². The van der Waals surface area contributed by atoms with Crippen molar-refractivity contribution >= 4 is 50.3 Å². The van der Waals surface area contributed by atoms with Crippen LogP contribution in [0.1, 0.15) is 36.8 Å². The molecule has 2 heterocycles. The lowest BCUT2D eigenvalue weighted by Gasteiger charge is -2.18. The molecule has 5 rings (SSSR count). The molecule has 0 aliphatic carbocycles. The van der Waals surface area contributed by atoms with Gasteiger partial charge in [-0.3, -0.25) is 19.6 Å². The Morgan fingerprint density at radius 1 is 1.02 bits per heavy atom. The van der Waals surface area contributed by atoms with Crippen LogP contribution < -0.4 is 20.1 Å². The Labute approximate surface area is 311 Å². The highest BCUT2D eigenvalue weighted by Gasteiger charge is 2.20. The smallest absolute Gasteiger partial charge is 0.323 e. The first-order valence-corrected chi connectivity index (χ1v) is 18.3. The lowest BCUT2D eigenvalue weighted by atomic mass is 10.00. The number of hydrogen-bond donors (Lipinski definition) is 4. The van der Waals surface area contributed by atoms with Gasteiger partial charge in [-0.15, -0.1) is 0 Å². The molecule has 1 atom stereocenters. The maximum atomic E-state index is 12.4. The standard InChI is InChI=1S/C37H45BrClN5O7/c1-49-17-12-40-35(46)24-51-33-19-34(30(39)18-26(33)20-41-31(22-45)37(47)48)50-23-25-8-6-10-28(36(25)38)27-9-7-11-32-29(27)21-42-44(32)16-5-4-15-43-13-2-3-14-43/h6-11,18-19,21,31,41,45H,2-5,12-17,20,22-24H2,1H3,(H,40,46)(H,47,48). The summed E-state index contributed by atoms with van der Waals surface area (Å²) in [4.78, 5) is 26.3. The van der Waals surface area contributed by atoms with E-state index in [4.69, 9.17) is 30.9 Å². The molecule has 0 saturated carbocycles. The van der Waals surface area contributed by atoms with Crippen LogP contribution in [0, 0.1) is 0 Å². The van der Waals surface area contributed by atoms with Crippen molar-refractivity contribution in [3.8, 4) is 22.6 Å². The van der Waals surface area contributed by atoms with Crippen LogP contribution in [-0.2, 0) is 34.0 Å². The minimum absolute atomic E-state index is 0.00643. The minimum atomic E-state index is -1.20. The van der Waals surface area contributed by atoms with Crippen molar-refractivity contribution in [2.24, 2.45) is 0 Å². The van der Waals surface area contributed by atoms with Crippen LogP contribution in [0.15, 0.2) is 59.2 Å². The molecule has 1 aliphatic heterocycles. The molecule has 1 aliphatic rings. The topological polar surface area (TPSA) is 147 Å². The van der Waals surface area contributed by atoms with E-state index in [1.54, 1.807) is 12.1 Å². The van der Waals surface area contributed by atoms with E-state index < -0.39 is 18.6 Å². The van der Waals surface area contributed by atoms with Crippen molar-refractivity contribution in [2.45, 2.75) is 51.4 Å². The highest BCUT2D eigenvalue weighted by molar-refractivity contribution is 9.10. The summed E-state index contributed by atoms with van der Waals surface area (Å²) >= 11 is 10.5. The van der Waals surface area contributed by atoms with Crippen LogP contribution in [0.2, 0.25) is 5.02 Å². The van der Waals surface area contributed by atoms with Crippen molar-refractivity contribution in [3.63, 3.8) is 0 Å². The molecule has 4 aromatic rings. The Morgan fingerprint density at radius 2 is 1.78 bits per heavy atom. The van der Waals surface area contributed by atoms with Crippen LogP contribution in [0.25, 0.3) is 22.0 Å². The van der Waals surface area contributed by atoms with E-state index in [1.165, 1.54) is 33.0 Å². The predicted molar refractivity (Wildman–Crippen MR) is 199 cm³/mol. The number of aliphatic hydroxyl groups is 1. The Hall–Kier alpha value is -3.72. The second-order valence-electron chi connectivity index (χ2n) is 12.4. The van der Waals surface area contributed by atoms with Gasteiger partial charge in [0.15, 0.2) is 6.61 Å². The highest BCUT2D eigenvalue weighted by Crippen LogP contribution is 2.38. The summed E-state index contributed by atoms with van der Waals surface area (Å²) in [5.74, 6) is -0.971. The number of halogens is 2. The molecule has 3 aromatic carbocycles. The number of aliphatic carboxylic acids is 1. The fourth-order valence-electron chi connectivity index (χ4n) is 6.08. The van der Waals surface area contributed by atoms with Crippen LogP contribution in [-0.4, -0.2) is 95.9 Å². The van der Waals surface area contributed by atoms with E-state index in [0.29, 0.717) is 24.5 Å². The molecule has 0 spiro atoms. The average Bonchev–Trinajstić information content (AvgIpc) is 3.80. The lowest BCUT2D eigenvalue weighted by Crippen LogP contribution is -2.39. The van der Waals surface area contributed by atoms with Gasteiger partial charge in [0.2, 0.25) is 0 Å². The summed E-state index contributed by atoms with van der Waals surface area (Å²) in [5, 5.41) is 30.3. The largest absolute Gasteiger partial charge is 0.487 e. The quantitative estimate of drug-likeness (QED) is 0.0877. The normalized spacial score (nSPS) is 13.8. The van der Waals surface area contributed by atoms with Gasteiger partial charge in [0, 0.05) is 53.8 Å². The van der Waals surface area contributed by atoms with Gasteiger partial charge in [-0.05, 0) is 84.5 Å². The Balaban J connectivity index is 1.30. The molecule has 1 saturated heterocycles. The number of unbranched alkanes of at least 4 members (excludes halogenated alkanes) is 1. The second-order valence-corrected chi connectivity index (χ2v) is 13.6. The number of fused-ring (bicyclic) bond motifs is 1. The number of carboxylic acids is 1. The van der Waals surface area contributed by atoms with E-state index in [2.05, 4.69) is 60.4 Å². The number of nitrogens with one attached hydrogen (secondary N) is 2. The third kappa shape index (κ3) is 10.4. The first kappa shape index (κ1) is 38.5. The van der Waals surface area contributed by atoms with Gasteiger partial charge in [0.05, 0.1) is 29.9 Å². The van der Waals surface area contributed by atoms with Crippen LogP contribution in [0.3, 0.4) is 0 Å².